The molecule has 0 aliphatic heterocycles. The van der Waals surface area contributed by atoms with Gasteiger partial charge >= 0.3 is 0 Å². The quantitative estimate of drug-likeness (QED) is 0.152. The van der Waals surface area contributed by atoms with Gasteiger partial charge in [0.05, 0.1) is 11.4 Å². The normalized spacial score (nSPS) is 13.5. The molecule has 13 rings (SSSR count). The van der Waals surface area contributed by atoms with E-state index in [1.807, 2.05) is 24.3 Å². The molecular formula is C61H44N4O2. The standard InChI is InChI=1S/C61H44N4O2/c1-61(2)51-37-45(64(55-27-13-17-39-15-3-5-23-47(39)55)43-21-11-19-41(35-43)59-62-53-25-7-9-29-57(53)66-59)31-33-49(51)50-34-32-46(38-52(50)61)65(56-28-14-18-40-16-4-6-24-48(40)56)44-22-12-20-42(36-44)60-63-54-26-8-10-30-58(54)67-60/h3-9,11-29,31-38H,10,30H2,1-2H3. The Hall–Kier alpha value is -8.48. The monoisotopic (exact) mass is 864 g/mol. The average Bonchev–Trinajstić information content (AvgIpc) is 4.08. The molecule has 2 aromatic heterocycles. The fourth-order valence-corrected chi connectivity index (χ4v) is 10.4. The lowest BCUT2D eigenvalue weighted by Gasteiger charge is -2.30. The van der Waals surface area contributed by atoms with Crippen LogP contribution in [0.25, 0.3) is 72.8 Å². The highest BCUT2D eigenvalue weighted by molar-refractivity contribution is 6.01. The van der Waals surface area contributed by atoms with Crippen molar-refractivity contribution in [3.05, 3.63) is 223 Å². The first-order valence-electron chi connectivity index (χ1n) is 23.0. The van der Waals surface area contributed by atoms with Gasteiger partial charge in [-0.2, -0.15) is 0 Å². The van der Waals surface area contributed by atoms with E-state index >= 15 is 0 Å². The predicted molar refractivity (Wildman–Crippen MR) is 274 cm³/mol. The van der Waals surface area contributed by atoms with E-state index in [0.717, 1.165) is 80.6 Å². The number of aryl methyl sites for hydroxylation is 1. The van der Waals surface area contributed by atoms with Crippen LogP contribution in [0.1, 0.15) is 42.8 Å². The number of para-hydroxylation sites is 2. The minimum Gasteiger partial charge on any atom is -0.441 e. The van der Waals surface area contributed by atoms with Gasteiger partial charge in [-0.15, -0.1) is 0 Å². The van der Waals surface area contributed by atoms with E-state index in [0.29, 0.717) is 11.8 Å². The average molecular weight is 865 g/mol. The number of fused-ring (bicyclic) bond motifs is 7. The number of rotatable bonds is 8. The molecule has 0 radical (unpaired) electrons. The van der Waals surface area contributed by atoms with Gasteiger partial charge in [0.25, 0.3) is 0 Å². The molecule has 0 spiro atoms. The number of benzene rings is 9. The molecule has 67 heavy (non-hydrogen) atoms. The van der Waals surface area contributed by atoms with Crippen LogP contribution in [0.5, 0.6) is 0 Å². The highest BCUT2D eigenvalue weighted by atomic mass is 16.4. The molecular weight excluding hydrogens is 821 g/mol. The van der Waals surface area contributed by atoms with Crippen LogP contribution in [0, 0.1) is 0 Å². The number of aromatic nitrogens is 2. The van der Waals surface area contributed by atoms with Gasteiger partial charge in [-0.3, -0.25) is 0 Å². The van der Waals surface area contributed by atoms with E-state index in [4.69, 9.17) is 18.8 Å². The molecule has 0 fully saturated rings. The molecule has 0 atom stereocenters. The molecule has 0 saturated heterocycles. The summed E-state index contributed by atoms with van der Waals surface area (Å²) in [4.78, 5) is 14.6. The number of allylic oxidation sites excluding steroid dienone is 1. The summed E-state index contributed by atoms with van der Waals surface area (Å²) in [6.45, 7) is 4.73. The number of hydrogen-bond acceptors (Lipinski definition) is 6. The summed E-state index contributed by atoms with van der Waals surface area (Å²) in [7, 11) is 0. The second kappa shape index (κ2) is 15.3. The third-order valence-electron chi connectivity index (χ3n) is 13.7. The topological polar surface area (TPSA) is 58.5 Å². The van der Waals surface area contributed by atoms with Crippen LogP contribution < -0.4 is 9.80 Å². The van der Waals surface area contributed by atoms with Gasteiger partial charge in [0.2, 0.25) is 11.8 Å². The van der Waals surface area contributed by atoms with Crippen LogP contribution in [0.2, 0.25) is 0 Å². The second-order valence-electron chi connectivity index (χ2n) is 18.1. The molecule has 2 heterocycles. The van der Waals surface area contributed by atoms with Crippen LogP contribution in [0.4, 0.5) is 34.1 Å². The van der Waals surface area contributed by atoms with Crippen molar-refractivity contribution in [2.24, 2.45) is 0 Å². The summed E-state index contributed by atoms with van der Waals surface area (Å²) < 4.78 is 12.7. The SMILES string of the molecule is CC1(C)c2cc(N(c3cccc(-c4nc5c(o4)CCC=C5)c3)c3cccc4ccccc34)ccc2-c2ccc(N(c3cccc(-c4nc5ccccc5o4)c3)c3cccc4ccccc34)cc21. The Morgan fingerprint density at radius 1 is 0.478 bits per heavy atom. The maximum absolute atomic E-state index is 6.38. The Balaban J connectivity index is 0.939. The summed E-state index contributed by atoms with van der Waals surface area (Å²) in [5.74, 6) is 2.19. The highest BCUT2D eigenvalue weighted by Gasteiger charge is 2.37. The summed E-state index contributed by atoms with van der Waals surface area (Å²) in [6, 6.07) is 69.4. The molecule has 0 N–H and O–H groups in total. The van der Waals surface area contributed by atoms with E-state index < -0.39 is 0 Å². The molecule has 6 heteroatoms. The lowest BCUT2D eigenvalue weighted by atomic mass is 9.82. The summed E-state index contributed by atoms with van der Waals surface area (Å²) in [5, 5.41) is 4.71. The maximum atomic E-state index is 6.38. The fourth-order valence-electron chi connectivity index (χ4n) is 10.4. The van der Waals surface area contributed by atoms with Crippen molar-refractivity contribution in [3.8, 4) is 34.0 Å². The third kappa shape index (κ3) is 6.47. The van der Waals surface area contributed by atoms with Crippen LogP contribution >= 0.6 is 0 Å². The van der Waals surface area contributed by atoms with Gasteiger partial charge in [0, 0.05) is 56.5 Å². The van der Waals surface area contributed by atoms with E-state index in [-0.39, 0.29) is 5.41 Å². The zero-order chi connectivity index (χ0) is 44.6. The van der Waals surface area contributed by atoms with Gasteiger partial charge in [-0.25, -0.2) is 9.97 Å². The molecule has 0 bridgehead atoms. The van der Waals surface area contributed by atoms with Crippen molar-refractivity contribution >= 4 is 72.8 Å². The number of oxazole rings is 2. The molecule has 0 saturated carbocycles. The molecule has 0 unspecified atom stereocenters. The van der Waals surface area contributed by atoms with E-state index in [1.165, 1.54) is 43.8 Å². The maximum Gasteiger partial charge on any atom is 0.227 e. The minimum absolute atomic E-state index is 0.335. The fraction of sp³-hybridized carbons (Fsp3) is 0.0820. The lowest BCUT2D eigenvalue weighted by Crippen LogP contribution is -2.18. The van der Waals surface area contributed by atoms with Crippen molar-refractivity contribution < 1.29 is 8.83 Å². The summed E-state index contributed by atoms with van der Waals surface area (Å²) in [6.07, 6.45) is 6.08. The Labute approximate surface area is 388 Å². The van der Waals surface area contributed by atoms with Crippen LogP contribution in [-0.4, -0.2) is 9.97 Å². The third-order valence-corrected chi connectivity index (χ3v) is 13.7. The van der Waals surface area contributed by atoms with Gasteiger partial charge in [0.15, 0.2) is 5.58 Å². The molecule has 6 nitrogen and oxygen atoms in total. The lowest BCUT2D eigenvalue weighted by molar-refractivity contribution is 0.516. The van der Waals surface area contributed by atoms with Crippen molar-refractivity contribution in [1.82, 2.24) is 9.97 Å². The van der Waals surface area contributed by atoms with Gasteiger partial charge in [-0.05, 0) is 130 Å². The minimum atomic E-state index is -0.335. The summed E-state index contributed by atoms with van der Waals surface area (Å²) >= 11 is 0. The first kappa shape index (κ1) is 38.9. The zero-order valence-corrected chi connectivity index (χ0v) is 37.1. The van der Waals surface area contributed by atoms with Crippen molar-refractivity contribution in [2.75, 3.05) is 9.80 Å². The molecule has 320 valence electrons. The van der Waals surface area contributed by atoms with Crippen molar-refractivity contribution in [2.45, 2.75) is 32.1 Å². The predicted octanol–water partition coefficient (Wildman–Crippen LogP) is 16.7. The Morgan fingerprint density at radius 2 is 1.00 bits per heavy atom. The smallest absolute Gasteiger partial charge is 0.227 e. The number of anilines is 6. The van der Waals surface area contributed by atoms with Crippen LogP contribution in [0.3, 0.4) is 0 Å². The van der Waals surface area contributed by atoms with E-state index in [2.05, 4.69) is 206 Å². The Morgan fingerprint density at radius 3 is 1.60 bits per heavy atom. The zero-order valence-electron chi connectivity index (χ0n) is 37.1. The Bertz CT molecular complexity index is 3740. The highest BCUT2D eigenvalue weighted by Crippen LogP contribution is 2.53. The van der Waals surface area contributed by atoms with Gasteiger partial charge in [-0.1, -0.05) is 129 Å². The first-order valence-corrected chi connectivity index (χ1v) is 23.0. The van der Waals surface area contributed by atoms with Gasteiger partial charge < -0.3 is 18.6 Å². The number of nitrogens with zero attached hydrogens (tertiary/aromatic N) is 4. The van der Waals surface area contributed by atoms with Crippen molar-refractivity contribution in [1.29, 1.82) is 0 Å². The molecule has 2 aliphatic carbocycles. The summed E-state index contributed by atoms with van der Waals surface area (Å²) in [5.41, 5.74) is 15.5. The molecule has 9 aromatic carbocycles. The molecule has 11 aromatic rings. The van der Waals surface area contributed by atoms with Crippen LogP contribution in [-0.2, 0) is 11.8 Å². The van der Waals surface area contributed by atoms with Gasteiger partial charge in [0.1, 0.15) is 17.0 Å². The van der Waals surface area contributed by atoms with E-state index in [1.54, 1.807) is 0 Å². The van der Waals surface area contributed by atoms with Crippen LogP contribution in [0.15, 0.2) is 209 Å². The molecule has 0 amide bonds. The Kier molecular flexibility index (Phi) is 8.90. The van der Waals surface area contributed by atoms with Crippen molar-refractivity contribution in [3.63, 3.8) is 0 Å². The number of hydrogen-bond donors (Lipinski definition) is 0. The first-order chi connectivity index (χ1) is 32.9. The van der Waals surface area contributed by atoms with E-state index in [9.17, 15) is 0 Å². The second-order valence-corrected chi connectivity index (χ2v) is 18.1. The largest absolute Gasteiger partial charge is 0.441 e. The molecule has 2 aliphatic rings.